The van der Waals surface area contributed by atoms with Crippen molar-refractivity contribution < 1.29 is 27.9 Å². The number of carboxylic acids is 1. The molecule has 0 spiro atoms. The first kappa shape index (κ1) is 18.7. The summed E-state index contributed by atoms with van der Waals surface area (Å²) in [4.78, 5) is 24.8. The van der Waals surface area contributed by atoms with Crippen LogP contribution in [0, 0.1) is 6.92 Å². The van der Waals surface area contributed by atoms with Crippen molar-refractivity contribution in [2.45, 2.75) is 24.8 Å². The Balaban J connectivity index is 2.08. The van der Waals surface area contributed by atoms with Gasteiger partial charge in [-0.3, -0.25) is 4.90 Å². The first-order valence-electron chi connectivity index (χ1n) is 8.06. The number of aryl methyl sites for hydroxylation is 1. The topological polar surface area (TPSA) is 104 Å². The van der Waals surface area contributed by atoms with Crippen LogP contribution >= 0.6 is 0 Å². The average molecular weight is 390 g/mol. The largest absolute Gasteiger partial charge is 0.479 e. The molecule has 142 valence electrons. The van der Waals surface area contributed by atoms with Gasteiger partial charge in [-0.05, 0) is 38.1 Å². The van der Waals surface area contributed by atoms with Gasteiger partial charge in [0, 0.05) is 13.1 Å². The zero-order chi connectivity index (χ0) is 19.9. The number of aliphatic carboxylic acids is 1. The van der Waals surface area contributed by atoms with Gasteiger partial charge in [-0.25, -0.2) is 18.0 Å². The minimum atomic E-state index is -4.12. The Labute approximate surface area is 156 Å². The number of nitrogens with zero attached hydrogens (tertiary/aromatic N) is 2. The zero-order valence-corrected chi connectivity index (χ0v) is 15.7. The number of rotatable bonds is 4. The third-order valence-corrected chi connectivity index (χ3v) is 5.95. The fourth-order valence-corrected chi connectivity index (χ4v) is 4.30. The van der Waals surface area contributed by atoms with Gasteiger partial charge in [0.1, 0.15) is 10.6 Å². The van der Waals surface area contributed by atoms with Crippen molar-refractivity contribution in [2.75, 3.05) is 16.3 Å². The Morgan fingerprint density at radius 3 is 2.37 bits per heavy atom. The van der Waals surface area contributed by atoms with E-state index in [0.29, 0.717) is 0 Å². The van der Waals surface area contributed by atoms with E-state index in [2.05, 4.69) is 0 Å². The van der Waals surface area contributed by atoms with Gasteiger partial charge in [0.25, 0.3) is 10.0 Å². The van der Waals surface area contributed by atoms with Crippen LogP contribution in [-0.4, -0.2) is 38.7 Å². The molecule has 3 rings (SSSR count). The van der Waals surface area contributed by atoms with Crippen molar-refractivity contribution in [3.63, 3.8) is 0 Å². The Morgan fingerprint density at radius 1 is 1.15 bits per heavy atom. The summed E-state index contributed by atoms with van der Waals surface area (Å²) in [7, 11) is -2.68. The van der Waals surface area contributed by atoms with Gasteiger partial charge in [0.2, 0.25) is 0 Å². The van der Waals surface area contributed by atoms with Crippen LogP contribution in [-0.2, 0) is 14.8 Å². The predicted molar refractivity (Wildman–Crippen MR) is 98.8 cm³/mol. The highest BCUT2D eigenvalue weighted by Gasteiger charge is 2.41. The Kier molecular flexibility index (Phi) is 4.56. The molecule has 0 unspecified atom stereocenters. The van der Waals surface area contributed by atoms with E-state index in [0.717, 1.165) is 9.87 Å². The summed E-state index contributed by atoms with van der Waals surface area (Å²) in [6.07, 6.45) is -1.12. The van der Waals surface area contributed by atoms with E-state index in [1.807, 2.05) is 6.92 Å². The standard InChI is InChI=1S/C18H18N2O6S/c1-11-4-6-13(7-5-11)20-18(23)19(3)15-10-14(26-12(2)17(21)22)8-9-16(15)27(20,24)25/h4-10,12H,1-3H3,(H,21,22)/t12-/m1/s1. The molecule has 1 aliphatic heterocycles. The summed E-state index contributed by atoms with van der Waals surface area (Å²) < 4.78 is 32.1. The lowest BCUT2D eigenvalue weighted by atomic mass is 10.2. The van der Waals surface area contributed by atoms with Crippen molar-refractivity contribution >= 4 is 33.4 Å². The molecule has 0 radical (unpaired) electrons. The number of sulfonamides is 1. The molecule has 2 aromatic rings. The number of ether oxygens (including phenoxy) is 1. The molecule has 0 bridgehead atoms. The predicted octanol–water partition coefficient (Wildman–Crippen LogP) is 2.61. The SMILES string of the molecule is Cc1ccc(N2C(=O)N(C)c3cc(O[C@H](C)C(=O)O)ccc3S2(=O)=O)cc1. The molecule has 2 aromatic carbocycles. The van der Waals surface area contributed by atoms with E-state index in [9.17, 15) is 18.0 Å². The van der Waals surface area contributed by atoms with Crippen molar-refractivity contribution in [2.24, 2.45) is 0 Å². The third-order valence-electron chi connectivity index (χ3n) is 4.20. The lowest BCUT2D eigenvalue weighted by molar-refractivity contribution is -0.144. The molecule has 0 saturated heterocycles. The highest BCUT2D eigenvalue weighted by atomic mass is 32.2. The van der Waals surface area contributed by atoms with E-state index in [-0.39, 0.29) is 22.0 Å². The molecule has 8 nitrogen and oxygen atoms in total. The van der Waals surface area contributed by atoms with Gasteiger partial charge in [0.05, 0.1) is 11.4 Å². The lowest BCUT2D eigenvalue weighted by Gasteiger charge is -2.34. The molecule has 0 saturated carbocycles. The van der Waals surface area contributed by atoms with Crippen LogP contribution in [0.5, 0.6) is 5.75 Å². The minimum absolute atomic E-state index is 0.0690. The number of hydrogen-bond acceptors (Lipinski definition) is 5. The normalized spacial score (nSPS) is 16.6. The number of hydrogen-bond donors (Lipinski definition) is 1. The Hall–Kier alpha value is -3.07. The molecule has 1 atom stereocenters. The van der Waals surface area contributed by atoms with Crippen molar-refractivity contribution in [1.82, 2.24) is 0 Å². The van der Waals surface area contributed by atoms with Crippen LogP contribution in [0.4, 0.5) is 16.2 Å². The number of anilines is 2. The summed E-state index contributed by atoms with van der Waals surface area (Å²) in [5.74, 6) is -1.00. The van der Waals surface area contributed by atoms with Gasteiger partial charge < -0.3 is 9.84 Å². The number of fused-ring (bicyclic) bond motifs is 1. The van der Waals surface area contributed by atoms with Crippen molar-refractivity contribution in [1.29, 1.82) is 0 Å². The maximum Gasteiger partial charge on any atom is 0.344 e. The van der Waals surface area contributed by atoms with E-state index in [4.69, 9.17) is 9.84 Å². The molecular weight excluding hydrogens is 372 g/mol. The zero-order valence-electron chi connectivity index (χ0n) is 14.9. The Bertz CT molecular complexity index is 1020. The molecule has 9 heteroatoms. The van der Waals surface area contributed by atoms with Crippen LogP contribution in [0.2, 0.25) is 0 Å². The summed E-state index contributed by atoms with van der Waals surface area (Å²) in [5.41, 5.74) is 1.30. The van der Waals surface area contributed by atoms with Crippen LogP contribution in [0.1, 0.15) is 12.5 Å². The third kappa shape index (κ3) is 3.21. The van der Waals surface area contributed by atoms with Crippen LogP contribution in [0.25, 0.3) is 0 Å². The molecule has 0 aromatic heterocycles. The Morgan fingerprint density at radius 2 is 1.78 bits per heavy atom. The highest BCUT2D eigenvalue weighted by Crippen LogP contribution is 2.38. The van der Waals surface area contributed by atoms with Crippen LogP contribution < -0.4 is 13.9 Å². The van der Waals surface area contributed by atoms with Gasteiger partial charge in [-0.15, -0.1) is 0 Å². The molecular formula is C18H18N2O6S. The molecule has 0 aliphatic carbocycles. The molecule has 2 amide bonds. The molecule has 27 heavy (non-hydrogen) atoms. The van der Waals surface area contributed by atoms with Crippen LogP contribution in [0.15, 0.2) is 47.4 Å². The molecule has 1 aliphatic rings. The van der Waals surface area contributed by atoms with Gasteiger partial charge in [0.15, 0.2) is 6.10 Å². The number of carbonyl (C=O) groups is 2. The van der Waals surface area contributed by atoms with Crippen molar-refractivity contribution in [3.8, 4) is 5.75 Å². The van der Waals surface area contributed by atoms with E-state index >= 15 is 0 Å². The minimum Gasteiger partial charge on any atom is -0.479 e. The summed E-state index contributed by atoms with van der Waals surface area (Å²) >= 11 is 0. The van der Waals surface area contributed by atoms with E-state index in [1.165, 1.54) is 37.1 Å². The average Bonchev–Trinajstić information content (AvgIpc) is 2.61. The fourth-order valence-electron chi connectivity index (χ4n) is 2.68. The van der Waals surface area contributed by atoms with Gasteiger partial charge in [-0.1, -0.05) is 17.7 Å². The number of carbonyl (C=O) groups excluding carboxylic acids is 1. The molecule has 0 fully saturated rings. The van der Waals surface area contributed by atoms with Gasteiger partial charge in [-0.2, -0.15) is 4.31 Å². The number of urea groups is 1. The maximum absolute atomic E-state index is 13.0. The molecule has 1 N–H and O–H groups in total. The maximum atomic E-state index is 13.0. The lowest BCUT2D eigenvalue weighted by Crippen LogP contribution is -2.49. The second kappa shape index (κ2) is 6.58. The highest BCUT2D eigenvalue weighted by molar-refractivity contribution is 7.94. The first-order valence-corrected chi connectivity index (χ1v) is 9.50. The fraction of sp³-hybridized carbons (Fsp3) is 0.222. The smallest absolute Gasteiger partial charge is 0.344 e. The van der Waals surface area contributed by atoms with Crippen molar-refractivity contribution in [3.05, 3.63) is 48.0 Å². The summed E-state index contributed by atoms with van der Waals surface area (Å²) in [5, 5.41) is 8.95. The van der Waals surface area contributed by atoms with E-state index in [1.54, 1.807) is 24.3 Å². The number of carboxylic acid groups (broad SMARTS) is 1. The summed E-state index contributed by atoms with van der Waals surface area (Å²) in [6.45, 7) is 3.21. The van der Waals surface area contributed by atoms with Crippen LogP contribution in [0.3, 0.4) is 0 Å². The first-order chi connectivity index (χ1) is 12.6. The quantitative estimate of drug-likeness (QED) is 0.861. The number of amides is 2. The monoisotopic (exact) mass is 390 g/mol. The molecule has 1 heterocycles. The van der Waals surface area contributed by atoms with E-state index < -0.39 is 28.1 Å². The summed E-state index contributed by atoms with van der Waals surface area (Å²) in [6, 6.07) is 9.85. The van der Waals surface area contributed by atoms with Gasteiger partial charge >= 0.3 is 12.0 Å². The second-order valence-corrected chi connectivity index (χ2v) is 7.93. The second-order valence-electron chi connectivity index (χ2n) is 6.17. The number of benzene rings is 2.